The molecule has 7 heteroatoms. The zero-order valence-electron chi connectivity index (χ0n) is 12.2. The lowest BCUT2D eigenvalue weighted by atomic mass is 10.3. The van der Waals surface area contributed by atoms with Crippen molar-refractivity contribution in [1.82, 2.24) is 14.8 Å². The number of halogens is 1. The van der Waals surface area contributed by atoms with Gasteiger partial charge < -0.3 is 9.32 Å². The number of furan rings is 1. The van der Waals surface area contributed by atoms with Crippen molar-refractivity contribution in [2.24, 2.45) is 0 Å². The third kappa shape index (κ3) is 3.69. The standard InChI is InChI=1S/C15H18ClN3O2S/c16-4-3-15(20)19-7-5-18(6-8-19)10-14-17-12(11-22-14)13-2-1-9-21-13/h1-2,9,11H,3-8,10H2. The number of carbonyl (C=O) groups excluding carboxylic acids is 1. The fourth-order valence-corrected chi connectivity index (χ4v) is 3.49. The van der Waals surface area contributed by atoms with Crippen molar-refractivity contribution in [3.05, 3.63) is 28.8 Å². The van der Waals surface area contributed by atoms with Crippen molar-refractivity contribution in [3.63, 3.8) is 0 Å². The Bertz CT molecular complexity index is 606. The van der Waals surface area contributed by atoms with E-state index in [1.165, 1.54) is 0 Å². The number of carbonyl (C=O) groups is 1. The summed E-state index contributed by atoms with van der Waals surface area (Å²) in [7, 11) is 0. The number of nitrogens with zero attached hydrogens (tertiary/aromatic N) is 3. The fraction of sp³-hybridized carbons (Fsp3) is 0.467. The van der Waals surface area contributed by atoms with Crippen molar-refractivity contribution in [2.75, 3.05) is 32.1 Å². The first kappa shape index (κ1) is 15.5. The van der Waals surface area contributed by atoms with Crippen molar-refractivity contribution in [1.29, 1.82) is 0 Å². The number of hydrogen-bond acceptors (Lipinski definition) is 5. The van der Waals surface area contributed by atoms with Crippen LogP contribution in [-0.2, 0) is 11.3 Å². The lowest BCUT2D eigenvalue weighted by molar-refractivity contribution is -0.132. The lowest BCUT2D eigenvalue weighted by Gasteiger charge is -2.34. The molecule has 3 heterocycles. The smallest absolute Gasteiger partial charge is 0.223 e. The molecule has 0 radical (unpaired) electrons. The monoisotopic (exact) mass is 339 g/mol. The number of hydrogen-bond donors (Lipinski definition) is 0. The summed E-state index contributed by atoms with van der Waals surface area (Å²) in [6, 6.07) is 3.78. The summed E-state index contributed by atoms with van der Waals surface area (Å²) >= 11 is 7.27. The molecule has 0 spiro atoms. The summed E-state index contributed by atoms with van der Waals surface area (Å²) in [5, 5.41) is 3.10. The second-order valence-corrected chi connectivity index (χ2v) is 6.52. The van der Waals surface area contributed by atoms with Crippen molar-refractivity contribution in [2.45, 2.75) is 13.0 Å². The summed E-state index contributed by atoms with van der Waals surface area (Å²) in [5.41, 5.74) is 0.890. The highest BCUT2D eigenvalue weighted by Gasteiger charge is 2.21. The van der Waals surface area contributed by atoms with Gasteiger partial charge in [-0.25, -0.2) is 4.98 Å². The molecule has 0 aliphatic carbocycles. The average Bonchev–Trinajstić information content (AvgIpc) is 3.19. The van der Waals surface area contributed by atoms with Crippen LogP contribution in [-0.4, -0.2) is 52.8 Å². The number of thiazole rings is 1. The molecule has 1 saturated heterocycles. The minimum atomic E-state index is 0.156. The molecule has 22 heavy (non-hydrogen) atoms. The van der Waals surface area contributed by atoms with E-state index in [0.29, 0.717) is 12.3 Å². The highest BCUT2D eigenvalue weighted by atomic mass is 35.5. The Morgan fingerprint density at radius 3 is 2.86 bits per heavy atom. The van der Waals surface area contributed by atoms with Gasteiger partial charge in [0.15, 0.2) is 5.76 Å². The van der Waals surface area contributed by atoms with E-state index in [9.17, 15) is 4.79 Å². The molecule has 0 bridgehead atoms. The quantitative estimate of drug-likeness (QED) is 0.786. The highest BCUT2D eigenvalue weighted by Crippen LogP contribution is 2.23. The topological polar surface area (TPSA) is 49.6 Å². The van der Waals surface area contributed by atoms with Crippen LogP contribution >= 0.6 is 22.9 Å². The van der Waals surface area contributed by atoms with Crippen molar-refractivity contribution in [3.8, 4) is 11.5 Å². The maximum absolute atomic E-state index is 11.8. The van der Waals surface area contributed by atoms with Crippen LogP contribution in [0.4, 0.5) is 0 Å². The minimum Gasteiger partial charge on any atom is -0.463 e. The van der Waals surface area contributed by atoms with Crippen LogP contribution in [0.25, 0.3) is 11.5 Å². The Hall–Kier alpha value is -1.37. The van der Waals surface area contributed by atoms with Gasteiger partial charge in [-0.1, -0.05) is 0 Å². The average molecular weight is 340 g/mol. The van der Waals surface area contributed by atoms with Crippen LogP contribution in [0, 0.1) is 0 Å². The molecule has 5 nitrogen and oxygen atoms in total. The van der Waals surface area contributed by atoms with E-state index in [-0.39, 0.29) is 5.91 Å². The predicted octanol–water partition coefficient (Wildman–Crippen LogP) is 2.68. The van der Waals surface area contributed by atoms with Gasteiger partial charge in [-0.15, -0.1) is 22.9 Å². The molecule has 2 aromatic heterocycles. The molecule has 1 fully saturated rings. The van der Waals surface area contributed by atoms with E-state index < -0.39 is 0 Å². The second kappa shape index (κ2) is 7.26. The lowest BCUT2D eigenvalue weighted by Crippen LogP contribution is -2.48. The third-order valence-electron chi connectivity index (χ3n) is 3.72. The van der Waals surface area contributed by atoms with Crippen molar-refractivity contribution >= 4 is 28.8 Å². The maximum Gasteiger partial charge on any atom is 0.223 e. The SMILES string of the molecule is O=C(CCCl)N1CCN(Cc2nc(-c3ccco3)cs2)CC1. The molecule has 0 unspecified atom stereocenters. The Balaban J connectivity index is 1.52. The number of piperazine rings is 1. The van der Waals surface area contributed by atoms with E-state index in [1.54, 1.807) is 17.6 Å². The van der Waals surface area contributed by atoms with Crippen LogP contribution in [0.1, 0.15) is 11.4 Å². The maximum atomic E-state index is 11.8. The van der Waals surface area contributed by atoms with Crippen LogP contribution in [0.2, 0.25) is 0 Å². The van der Waals surface area contributed by atoms with Gasteiger partial charge in [-0.2, -0.15) is 0 Å². The molecule has 0 atom stereocenters. The summed E-state index contributed by atoms with van der Waals surface area (Å²) in [6.45, 7) is 4.12. The van der Waals surface area contributed by atoms with Gasteiger partial charge in [0.05, 0.1) is 12.8 Å². The first-order chi connectivity index (χ1) is 10.8. The van der Waals surface area contributed by atoms with Crippen molar-refractivity contribution < 1.29 is 9.21 Å². The van der Waals surface area contributed by atoms with E-state index in [4.69, 9.17) is 16.0 Å². The van der Waals surface area contributed by atoms with Gasteiger partial charge in [0.2, 0.25) is 5.91 Å². The molecular weight excluding hydrogens is 322 g/mol. The van der Waals surface area contributed by atoms with E-state index in [0.717, 1.165) is 49.2 Å². The van der Waals surface area contributed by atoms with Gasteiger partial charge in [-0.05, 0) is 12.1 Å². The highest BCUT2D eigenvalue weighted by molar-refractivity contribution is 7.09. The molecule has 0 N–H and O–H groups in total. The number of amides is 1. The summed E-state index contributed by atoms with van der Waals surface area (Å²) in [6.07, 6.45) is 2.09. The van der Waals surface area contributed by atoms with Crippen LogP contribution in [0.15, 0.2) is 28.2 Å². The summed E-state index contributed by atoms with van der Waals surface area (Å²) in [4.78, 5) is 20.6. The minimum absolute atomic E-state index is 0.156. The molecule has 1 amide bonds. The molecule has 118 valence electrons. The number of rotatable bonds is 5. The van der Waals surface area contributed by atoms with Gasteiger partial charge >= 0.3 is 0 Å². The summed E-state index contributed by atoms with van der Waals surface area (Å²) in [5.74, 6) is 1.36. The Morgan fingerprint density at radius 1 is 1.36 bits per heavy atom. The second-order valence-electron chi connectivity index (χ2n) is 5.20. The zero-order chi connectivity index (χ0) is 15.4. The third-order valence-corrected chi connectivity index (χ3v) is 4.74. The predicted molar refractivity (Wildman–Crippen MR) is 87.0 cm³/mol. The first-order valence-corrected chi connectivity index (χ1v) is 8.72. The normalized spacial score (nSPS) is 16.1. The van der Waals surface area contributed by atoms with E-state index in [2.05, 4.69) is 9.88 Å². The van der Waals surface area contributed by atoms with Gasteiger partial charge in [0, 0.05) is 43.9 Å². The Kier molecular flexibility index (Phi) is 5.12. The van der Waals surface area contributed by atoms with Gasteiger partial charge in [0.25, 0.3) is 0 Å². The number of alkyl halides is 1. The van der Waals surface area contributed by atoms with Gasteiger partial charge in [-0.3, -0.25) is 9.69 Å². The Morgan fingerprint density at radius 2 is 2.18 bits per heavy atom. The fourth-order valence-electron chi connectivity index (χ4n) is 2.51. The molecule has 1 aliphatic rings. The summed E-state index contributed by atoms with van der Waals surface area (Å²) < 4.78 is 5.36. The molecule has 0 saturated carbocycles. The first-order valence-electron chi connectivity index (χ1n) is 7.30. The van der Waals surface area contributed by atoms with E-state index >= 15 is 0 Å². The van der Waals surface area contributed by atoms with Crippen LogP contribution in [0.3, 0.4) is 0 Å². The van der Waals surface area contributed by atoms with E-state index in [1.807, 2.05) is 22.4 Å². The van der Waals surface area contributed by atoms with Gasteiger partial charge in [0.1, 0.15) is 10.7 Å². The largest absolute Gasteiger partial charge is 0.463 e. The van der Waals surface area contributed by atoms with Crippen LogP contribution in [0.5, 0.6) is 0 Å². The molecule has 3 rings (SSSR count). The molecule has 2 aromatic rings. The Labute approximate surface area is 138 Å². The molecular formula is C15H18ClN3O2S. The zero-order valence-corrected chi connectivity index (χ0v) is 13.8. The number of aromatic nitrogens is 1. The molecule has 0 aromatic carbocycles. The molecule has 1 aliphatic heterocycles. The van der Waals surface area contributed by atoms with Crippen LogP contribution < -0.4 is 0 Å².